The normalized spacial score (nSPS) is 51.9. The van der Waals surface area contributed by atoms with Crippen molar-refractivity contribution in [3.8, 4) is 0 Å². The molecular formula is C9H12O6S. The Bertz CT molecular complexity index is 457. The first-order chi connectivity index (χ1) is 7.44. The fourth-order valence-corrected chi connectivity index (χ4v) is 4.86. The van der Waals surface area contributed by atoms with E-state index in [0.29, 0.717) is 0 Å². The zero-order valence-corrected chi connectivity index (χ0v) is 9.69. The minimum atomic E-state index is -3.94. The van der Waals surface area contributed by atoms with E-state index in [-0.39, 0.29) is 18.4 Å². The molecule has 3 aliphatic rings. The summed E-state index contributed by atoms with van der Waals surface area (Å²) in [6.07, 6.45) is -1.33. The molecule has 0 amide bonds. The summed E-state index contributed by atoms with van der Waals surface area (Å²) in [6.45, 7) is 1.87. The summed E-state index contributed by atoms with van der Waals surface area (Å²) in [6, 6.07) is 0. The number of ether oxygens (including phenoxy) is 2. The number of esters is 1. The molecule has 3 heterocycles. The van der Waals surface area contributed by atoms with Crippen molar-refractivity contribution in [3.05, 3.63) is 0 Å². The van der Waals surface area contributed by atoms with Crippen molar-refractivity contribution in [1.29, 1.82) is 0 Å². The molecule has 90 valence electrons. The predicted molar refractivity (Wildman–Crippen MR) is 51.0 cm³/mol. The lowest BCUT2D eigenvalue weighted by Gasteiger charge is -2.25. The van der Waals surface area contributed by atoms with E-state index >= 15 is 0 Å². The minimum Gasteiger partial charge on any atom is -0.468 e. The van der Waals surface area contributed by atoms with E-state index < -0.39 is 33.0 Å². The Hall–Kier alpha value is -0.660. The second kappa shape index (κ2) is 2.77. The van der Waals surface area contributed by atoms with Crippen LogP contribution in [0.2, 0.25) is 0 Å². The topological polar surface area (TPSA) is 78.9 Å². The molecule has 0 N–H and O–H groups in total. The molecule has 5 atom stereocenters. The van der Waals surface area contributed by atoms with Crippen molar-refractivity contribution in [1.82, 2.24) is 0 Å². The average molecular weight is 248 g/mol. The molecule has 0 spiro atoms. The van der Waals surface area contributed by atoms with E-state index in [1.165, 1.54) is 7.11 Å². The summed E-state index contributed by atoms with van der Waals surface area (Å²) < 4.78 is 37.4. The van der Waals surface area contributed by atoms with Crippen LogP contribution in [0.25, 0.3) is 0 Å². The lowest BCUT2D eigenvalue weighted by molar-refractivity contribution is -0.145. The number of hydrogen-bond acceptors (Lipinski definition) is 6. The zero-order valence-electron chi connectivity index (χ0n) is 8.87. The van der Waals surface area contributed by atoms with Gasteiger partial charge in [-0.1, -0.05) is 6.92 Å². The van der Waals surface area contributed by atoms with Gasteiger partial charge in [-0.15, -0.1) is 0 Å². The maximum Gasteiger partial charge on any atom is 0.332 e. The molecule has 2 bridgehead atoms. The fourth-order valence-electron chi connectivity index (χ4n) is 2.99. The SMILES string of the molecule is COC(=O)C12CC3OC1C(OS2(=O)=O)C3C. The number of rotatable bonds is 1. The van der Waals surface area contributed by atoms with Gasteiger partial charge in [-0.2, -0.15) is 8.42 Å². The Kier molecular flexibility index (Phi) is 1.82. The average Bonchev–Trinajstić information content (AvgIpc) is 2.79. The Labute approximate surface area is 93.0 Å². The third kappa shape index (κ3) is 0.869. The lowest BCUT2D eigenvalue weighted by Crippen LogP contribution is -2.52. The number of fused-ring (bicyclic) bond motifs is 1. The van der Waals surface area contributed by atoms with Crippen LogP contribution in [0.1, 0.15) is 13.3 Å². The summed E-state index contributed by atoms with van der Waals surface area (Å²) in [7, 11) is -2.76. The summed E-state index contributed by atoms with van der Waals surface area (Å²) in [5, 5.41) is 0. The van der Waals surface area contributed by atoms with Gasteiger partial charge in [0.15, 0.2) is 0 Å². The molecule has 0 saturated carbocycles. The minimum absolute atomic E-state index is 0.0000520. The molecule has 6 nitrogen and oxygen atoms in total. The smallest absolute Gasteiger partial charge is 0.332 e. The molecule has 0 aromatic carbocycles. The molecule has 3 aliphatic heterocycles. The molecule has 3 fully saturated rings. The molecule has 0 aromatic rings. The lowest BCUT2D eigenvalue weighted by atomic mass is 9.80. The van der Waals surface area contributed by atoms with Gasteiger partial charge in [0.1, 0.15) is 12.2 Å². The zero-order chi connectivity index (χ0) is 11.7. The standard InChI is InChI=1S/C9H12O6S/c1-4-5-3-9(8(10)13-2)7(14-5)6(4)15-16(9,11)12/h4-7H,3H2,1-2H3. The first-order valence-corrected chi connectivity index (χ1v) is 6.51. The number of methoxy groups -OCH3 is 1. The van der Waals surface area contributed by atoms with Crippen LogP contribution in [0.5, 0.6) is 0 Å². The van der Waals surface area contributed by atoms with E-state index in [2.05, 4.69) is 4.74 Å². The molecule has 0 aliphatic carbocycles. The van der Waals surface area contributed by atoms with E-state index in [1.54, 1.807) is 0 Å². The number of carbonyl (C=O) groups is 1. The third-order valence-electron chi connectivity index (χ3n) is 3.90. The Balaban J connectivity index is 2.16. The molecule has 7 heteroatoms. The second-order valence-corrected chi connectivity index (χ2v) is 6.38. The van der Waals surface area contributed by atoms with Gasteiger partial charge < -0.3 is 9.47 Å². The molecule has 16 heavy (non-hydrogen) atoms. The van der Waals surface area contributed by atoms with Gasteiger partial charge >= 0.3 is 5.97 Å². The van der Waals surface area contributed by atoms with Gasteiger partial charge in [-0.3, -0.25) is 8.98 Å². The van der Waals surface area contributed by atoms with Gasteiger partial charge in [0, 0.05) is 12.3 Å². The van der Waals surface area contributed by atoms with Crippen molar-refractivity contribution < 1.29 is 26.9 Å². The monoisotopic (exact) mass is 248 g/mol. The second-order valence-electron chi connectivity index (χ2n) is 4.55. The highest BCUT2D eigenvalue weighted by molar-refractivity contribution is 7.89. The molecule has 5 unspecified atom stereocenters. The van der Waals surface area contributed by atoms with Gasteiger partial charge in [0.05, 0.1) is 13.2 Å². The summed E-state index contributed by atoms with van der Waals surface area (Å²) in [4.78, 5) is 11.7. The van der Waals surface area contributed by atoms with Crippen LogP contribution in [0.3, 0.4) is 0 Å². The maximum atomic E-state index is 11.9. The van der Waals surface area contributed by atoms with Gasteiger partial charge in [0.25, 0.3) is 10.1 Å². The van der Waals surface area contributed by atoms with Crippen molar-refractivity contribution in [3.63, 3.8) is 0 Å². The highest BCUT2D eigenvalue weighted by Gasteiger charge is 2.77. The van der Waals surface area contributed by atoms with Crippen LogP contribution in [0.15, 0.2) is 0 Å². The van der Waals surface area contributed by atoms with Crippen LogP contribution < -0.4 is 0 Å². The molecule has 0 radical (unpaired) electrons. The Morgan fingerprint density at radius 1 is 1.50 bits per heavy atom. The molecule has 3 saturated heterocycles. The third-order valence-corrected chi connectivity index (χ3v) is 5.84. The first-order valence-electron chi connectivity index (χ1n) is 5.11. The van der Waals surface area contributed by atoms with E-state index in [9.17, 15) is 13.2 Å². The van der Waals surface area contributed by atoms with Crippen LogP contribution in [-0.2, 0) is 28.6 Å². The van der Waals surface area contributed by atoms with E-state index in [4.69, 9.17) is 8.92 Å². The quantitative estimate of drug-likeness (QED) is 0.457. The molecule has 3 rings (SSSR count). The first kappa shape index (κ1) is 10.5. The number of carbonyl (C=O) groups excluding carboxylic acids is 1. The maximum absolute atomic E-state index is 11.9. The Morgan fingerprint density at radius 2 is 2.19 bits per heavy atom. The van der Waals surface area contributed by atoms with Crippen molar-refractivity contribution in [2.75, 3.05) is 7.11 Å². The largest absolute Gasteiger partial charge is 0.468 e. The highest BCUT2D eigenvalue weighted by Crippen LogP contribution is 2.56. The van der Waals surface area contributed by atoms with Crippen molar-refractivity contribution in [2.45, 2.75) is 36.4 Å². The molecular weight excluding hydrogens is 236 g/mol. The van der Waals surface area contributed by atoms with Gasteiger partial charge in [0.2, 0.25) is 4.75 Å². The summed E-state index contributed by atoms with van der Waals surface area (Å²) >= 11 is 0. The van der Waals surface area contributed by atoms with Gasteiger partial charge in [-0.25, -0.2) is 0 Å². The predicted octanol–water partition coefficient (Wildman–Crippen LogP) is -0.566. The summed E-state index contributed by atoms with van der Waals surface area (Å²) in [5.74, 6) is -0.769. The summed E-state index contributed by atoms with van der Waals surface area (Å²) in [5.41, 5.74) is 0. The fraction of sp³-hybridized carbons (Fsp3) is 0.889. The van der Waals surface area contributed by atoms with Crippen LogP contribution in [-0.4, -0.2) is 44.6 Å². The molecule has 0 aromatic heterocycles. The van der Waals surface area contributed by atoms with Crippen molar-refractivity contribution in [2.24, 2.45) is 5.92 Å². The van der Waals surface area contributed by atoms with Crippen LogP contribution in [0.4, 0.5) is 0 Å². The van der Waals surface area contributed by atoms with Crippen molar-refractivity contribution >= 4 is 16.1 Å². The van der Waals surface area contributed by atoms with E-state index in [0.717, 1.165) is 0 Å². The van der Waals surface area contributed by atoms with Crippen LogP contribution in [0, 0.1) is 5.92 Å². The van der Waals surface area contributed by atoms with Gasteiger partial charge in [-0.05, 0) is 0 Å². The number of hydrogen-bond donors (Lipinski definition) is 0. The highest BCUT2D eigenvalue weighted by atomic mass is 32.2. The Morgan fingerprint density at radius 3 is 2.75 bits per heavy atom. The van der Waals surface area contributed by atoms with E-state index in [1.807, 2.05) is 6.92 Å². The van der Waals surface area contributed by atoms with Crippen LogP contribution >= 0.6 is 0 Å².